The summed E-state index contributed by atoms with van der Waals surface area (Å²) in [6.07, 6.45) is 3.21. The van der Waals surface area contributed by atoms with Gasteiger partial charge >= 0.3 is 5.97 Å². The number of rotatable bonds is 9. The number of benzene rings is 1. The lowest BCUT2D eigenvalue weighted by molar-refractivity contribution is -0.143. The topological polar surface area (TPSA) is 72.0 Å². The highest BCUT2D eigenvalue weighted by Crippen LogP contribution is 2.19. The van der Waals surface area contributed by atoms with Crippen LogP contribution in [0.15, 0.2) is 46.3 Å². The minimum absolute atomic E-state index is 0.133. The monoisotopic (exact) mass is 346 g/mol. The first-order valence-electron chi connectivity index (χ1n) is 8.14. The van der Waals surface area contributed by atoms with Crippen LogP contribution in [0.3, 0.4) is 0 Å². The first-order chi connectivity index (χ1) is 11.7. The van der Waals surface area contributed by atoms with Crippen molar-refractivity contribution in [3.63, 3.8) is 0 Å². The van der Waals surface area contributed by atoms with E-state index in [2.05, 4.69) is 9.97 Å². The van der Waals surface area contributed by atoms with E-state index >= 15 is 0 Å². The molecule has 0 atom stereocenters. The van der Waals surface area contributed by atoms with Crippen molar-refractivity contribution >= 4 is 17.7 Å². The second-order valence-electron chi connectivity index (χ2n) is 5.27. The second-order valence-corrected chi connectivity index (χ2v) is 6.35. The Morgan fingerprint density at radius 3 is 2.75 bits per heavy atom. The molecule has 0 saturated heterocycles. The third-order valence-electron chi connectivity index (χ3n) is 3.36. The van der Waals surface area contributed by atoms with Crippen molar-refractivity contribution in [1.29, 1.82) is 0 Å². The quantitative estimate of drug-likeness (QED) is 0.325. The normalized spacial score (nSPS) is 10.5. The molecule has 0 bridgehead atoms. The largest absolute Gasteiger partial charge is 0.466 e. The van der Waals surface area contributed by atoms with Crippen LogP contribution in [-0.2, 0) is 9.53 Å². The summed E-state index contributed by atoms with van der Waals surface area (Å²) in [4.78, 5) is 30.3. The summed E-state index contributed by atoms with van der Waals surface area (Å²) in [7, 11) is 0. The summed E-state index contributed by atoms with van der Waals surface area (Å²) in [6, 6.07) is 11.2. The number of thioether (sulfide) groups is 1. The molecule has 2 aromatic rings. The molecule has 2 rings (SSSR count). The third-order valence-corrected chi connectivity index (χ3v) is 4.32. The number of H-pyrrole nitrogens is 1. The summed E-state index contributed by atoms with van der Waals surface area (Å²) in [5.74, 6) is 0.719. The summed E-state index contributed by atoms with van der Waals surface area (Å²) in [6.45, 7) is 2.25. The number of hydrogen-bond donors (Lipinski definition) is 1. The van der Waals surface area contributed by atoms with Gasteiger partial charge in [0.15, 0.2) is 5.16 Å². The predicted octanol–water partition coefficient (Wildman–Crippen LogP) is 3.65. The highest BCUT2D eigenvalue weighted by atomic mass is 32.2. The number of unbranched alkanes of at least 4 members (excludes halogenated alkanes) is 2. The van der Waals surface area contributed by atoms with Crippen molar-refractivity contribution in [2.75, 3.05) is 12.4 Å². The molecule has 0 saturated carbocycles. The van der Waals surface area contributed by atoms with Crippen molar-refractivity contribution in [2.24, 2.45) is 0 Å². The zero-order valence-electron chi connectivity index (χ0n) is 13.8. The fraction of sp³-hybridized carbons (Fsp3) is 0.389. The van der Waals surface area contributed by atoms with Gasteiger partial charge in [0.05, 0.1) is 12.3 Å². The summed E-state index contributed by atoms with van der Waals surface area (Å²) >= 11 is 1.53. The van der Waals surface area contributed by atoms with Crippen molar-refractivity contribution in [3.8, 4) is 11.3 Å². The van der Waals surface area contributed by atoms with Crippen LogP contribution in [0.2, 0.25) is 0 Å². The minimum atomic E-state index is -0.145. The van der Waals surface area contributed by atoms with Gasteiger partial charge in [-0.25, -0.2) is 4.98 Å². The lowest BCUT2D eigenvalue weighted by Gasteiger charge is -2.05. The Bertz CT molecular complexity index is 701. The molecular formula is C18H22N2O3S. The fourth-order valence-electron chi connectivity index (χ4n) is 2.21. The van der Waals surface area contributed by atoms with E-state index in [1.165, 1.54) is 17.8 Å². The van der Waals surface area contributed by atoms with Crippen molar-refractivity contribution in [1.82, 2.24) is 9.97 Å². The van der Waals surface area contributed by atoms with E-state index in [0.717, 1.165) is 30.6 Å². The van der Waals surface area contributed by atoms with Crippen molar-refractivity contribution < 1.29 is 9.53 Å². The van der Waals surface area contributed by atoms with Gasteiger partial charge in [0.2, 0.25) is 0 Å². The van der Waals surface area contributed by atoms with Crippen LogP contribution >= 0.6 is 11.8 Å². The van der Waals surface area contributed by atoms with E-state index in [1.54, 1.807) is 0 Å². The maximum Gasteiger partial charge on any atom is 0.305 e. The van der Waals surface area contributed by atoms with Gasteiger partial charge in [0, 0.05) is 23.8 Å². The number of hydrogen-bond acceptors (Lipinski definition) is 5. The lowest BCUT2D eigenvalue weighted by atomic mass is 10.1. The number of aromatic nitrogens is 2. The smallest absolute Gasteiger partial charge is 0.305 e. The summed E-state index contributed by atoms with van der Waals surface area (Å²) in [5, 5.41) is 0.631. The molecule has 6 heteroatoms. The van der Waals surface area contributed by atoms with E-state index < -0.39 is 0 Å². The van der Waals surface area contributed by atoms with Crippen LogP contribution in [-0.4, -0.2) is 28.3 Å². The Kier molecular flexibility index (Phi) is 7.55. The van der Waals surface area contributed by atoms with Gasteiger partial charge < -0.3 is 9.72 Å². The third kappa shape index (κ3) is 6.20. The summed E-state index contributed by atoms with van der Waals surface area (Å²) in [5.41, 5.74) is 1.47. The van der Waals surface area contributed by atoms with Gasteiger partial charge in [-0.3, -0.25) is 9.59 Å². The number of carbonyl (C=O) groups is 1. The number of nitrogens with zero attached hydrogens (tertiary/aromatic N) is 1. The van der Waals surface area contributed by atoms with Gasteiger partial charge in [0.1, 0.15) is 0 Å². The fourth-order valence-corrected chi connectivity index (χ4v) is 3.09. The zero-order valence-corrected chi connectivity index (χ0v) is 14.6. The van der Waals surface area contributed by atoms with Gasteiger partial charge in [-0.2, -0.15) is 0 Å². The Morgan fingerprint density at radius 1 is 1.21 bits per heavy atom. The van der Waals surface area contributed by atoms with Crippen molar-refractivity contribution in [3.05, 3.63) is 46.8 Å². The highest BCUT2D eigenvalue weighted by Gasteiger charge is 2.05. The average Bonchev–Trinajstić information content (AvgIpc) is 2.58. The predicted molar refractivity (Wildman–Crippen MR) is 96.1 cm³/mol. The number of ether oxygens (including phenoxy) is 1. The Labute approximate surface area is 145 Å². The average molecular weight is 346 g/mol. The van der Waals surface area contributed by atoms with Crippen LogP contribution in [0.1, 0.15) is 32.6 Å². The van der Waals surface area contributed by atoms with E-state index in [4.69, 9.17) is 4.74 Å². The number of carbonyl (C=O) groups excluding carboxylic acids is 1. The maximum atomic E-state index is 11.8. The van der Waals surface area contributed by atoms with Crippen LogP contribution in [0, 0.1) is 0 Å². The molecule has 0 aliphatic heterocycles. The zero-order chi connectivity index (χ0) is 17.2. The van der Waals surface area contributed by atoms with Crippen LogP contribution in [0.25, 0.3) is 11.3 Å². The molecule has 5 nitrogen and oxygen atoms in total. The minimum Gasteiger partial charge on any atom is -0.466 e. The van der Waals surface area contributed by atoms with Crippen LogP contribution in [0.5, 0.6) is 0 Å². The Hall–Kier alpha value is -2.08. The number of aromatic amines is 1. The highest BCUT2D eigenvalue weighted by molar-refractivity contribution is 7.99. The maximum absolute atomic E-state index is 11.8. The summed E-state index contributed by atoms with van der Waals surface area (Å²) < 4.78 is 4.89. The van der Waals surface area contributed by atoms with Gasteiger partial charge in [-0.1, -0.05) is 48.5 Å². The molecule has 0 radical (unpaired) electrons. The SMILES string of the molecule is CCOC(=O)CCCCCSc1nc(-c2ccccc2)cc(=O)[nH]1. The molecule has 0 unspecified atom stereocenters. The molecule has 1 heterocycles. The van der Waals surface area contributed by atoms with E-state index in [0.29, 0.717) is 23.9 Å². The van der Waals surface area contributed by atoms with E-state index in [1.807, 2.05) is 37.3 Å². The molecule has 0 aliphatic rings. The van der Waals surface area contributed by atoms with Gasteiger partial charge in [-0.05, 0) is 19.8 Å². The molecule has 1 N–H and O–H groups in total. The van der Waals surface area contributed by atoms with Crippen LogP contribution < -0.4 is 5.56 Å². The van der Waals surface area contributed by atoms with E-state index in [9.17, 15) is 9.59 Å². The molecule has 1 aromatic heterocycles. The molecule has 128 valence electrons. The molecule has 24 heavy (non-hydrogen) atoms. The Morgan fingerprint density at radius 2 is 2.00 bits per heavy atom. The molecule has 1 aromatic carbocycles. The first-order valence-corrected chi connectivity index (χ1v) is 9.13. The molecule has 0 fully saturated rings. The molecule has 0 amide bonds. The van der Waals surface area contributed by atoms with Gasteiger partial charge in [-0.15, -0.1) is 0 Å². The first kappa shape index (κ1) is 18.3. The standard InChI is InChI=1S/C18H22N2O3S/c1-2-23-17(22)11-7-4-8-12-24-18-19-15(13-16(21)20-18)14-9-5-3-6-10-14/h3,5-6,9-10,13H,2,4,7-8,11-12H2,1H3,(H,19,20,21). The number of esters is 1. The van der Waals surface area contributed by atoms with Gasteiger partial charge in [0.25, 0.3) is 5.56 Å². The lowest BCUT2D eigenvalue weighted by Crippen LogP contribution is -2.08. The van der Waals surface area contributed by atoms with E-state index in [-0.39, 0.29) is 11.5 Å². The van der Waals surface area contributed by atoms with Crippen LogP contribution in [0.4, 0.5) is 0 Å². The molecule has 0 aliphatic carbocycles. The molecular weight excluding hydrogens is 324 g/mol. The molecule has 0 spiro atoms. The number of nitrogens with one attached hydrogen (secondary N) is 1. The van der Waals surface area contributed by atoms with Crippen molar-refractivity contribution in [2.45, 2.75) is 37.8 Å². The Balaban J connectivity index is 1.80. The second kappa shape index (κ2) is 9.93.